The maximum Gasteiger partial charge on any atom is 0.169 e. The van der Waals surface area contributed by atoms with Crippen LogP contribution in [0, 0.1) is 0 Å². The zero-order valence-corrected chi connectivity index (χ0v) is 11.4. The Morgan fingerprint density at radius 1 is 1.28 bits per heavy atom. The van der Waals surface area contributed by atoms with Gasteiger partial charge in [0.1, 0.15) is 11.9 Å². The number of halogens is 1. The largest absolute Gasteiger partial charge is 0.452 e. The molecule has 0 aliphatic carbocycles. The van der Waals surface area contributed by atoms with Gasteiger partial charge in [-0.25, -0.2) is 0 Å². The number of rotatable bonds is 2. The molecule has 94 valence electrons. The third kappa shape index (κ3) is 2.11. The van der Waals surface area contributed by atoms with Crippen molar-refractivity contribution in [1.82, 2.24) is 5.32 Å². The van der Waals surface area contributed by atoms with Gasteiger partial charge in [0.25, 0.3) is 0 Å². The Labute approximate surface area is 114 Å². The Bertz CT molecular complexity index is 552. The number of fused-ring (bicyclic) bond motifs is 1. The first-order chi connectivity index (χ1) is 8.75. The smallest absolute Gasteiger partial charge is 0.169 e. The molecule has 2 unspecified atom stereocenters. The Morgan fingerprint density at radius 3 is 2.89 bits per heavy atom. The van der Waals surface area contributed by atoms with E-state index in [4.69, 9.17) is 4.42 Å². The van der Waals surface area contributed by atoms with Crippen molar-refractivity contribution < 1.29 is 9.52 Å². The van der Waals surface area contributed by atoms with E-state index < -0.39 is 6.10 Å². The van der Waals surface area contributed by atoms with Crippen molar-refractivity contribution in [2.24, 2.45) is 0 Å². The summed E-state index contributed by atoms with van der Waals surface area (Å²) in [5, 5.41) is 13.8. The number of hydrogen-bond donors (Lipinski definition) is 2. The van der Waals surface area contributed by atoms with Gasteiger partial charge in [-0.3, -0.25) is 0 Å². The molecule has 2 heterocycles. The molecule has 3 nitrogen and oxygen atoms in total. The second-order valence-corrected chi connectivity index (χ2v) is 5.25. The molecule has 0 amide bonds. The van der Waals surface area contributed by atoms with E-state index in [1.54, 1.807) is 12.1 Å². The molecule has 0 bridgehead atoms. The number of aliphatic hydroxyl groups excluding tert-OH is 1. The summed E-state index contributed by atoms with van der Waals surface area (Å²) in [7, 11) is 0. The molecule has 0 radical (unpaired) electrons. The van der Waals surface area contributed by atoms with E-state index in [0.717, 1.165) is 18.5 Å². The highest BCUT2D eigenvalue weighted by Gasteiger charge is 2.28. The van der Waals surface area contributed by atoms with Crippen LogP contribution in [-0.4, -0.2) is 11.7 Å². The first-order valence-electron chi connectivity index (χ1n) is 6.00. The van der Waals surface area contributed by atoms with E-state index in [0.29, 0.717) is 10.4 Å². The van der Waals surface area contributed by atoms with Crippen LogP contribution in [0.25, 0.3) is 0 Å². The van der Waals surface area contributed by atoms with E-state index in [1.165, 1.54) is 5.56 Å². The SMILES string of the molecule is OC(c1ccc(Br)o1)C1NCCc2ccccc21. The molecule has 18 heavy (non-hydrogen) atoms. The molecular weight excluding hydrogens is 294 g/mol. The Balaban J connectivity index is 1.94. The molecule has 0 saturated carbocycles. The van der Waals surface area contributed by atoms with Gasteiger partial charge < -0.3 is 14.8 Å². The molecule has 3 rings (SSSR count). The lowest BCUT2D eigenvalue weighted by Gasteiger charge is -2.29. The van der Waals surface area contributed by atoms with E-state index in [-0.39, 0.29) is 6.04 Å². The number of aliphatic hydroxyl groups is 1. The molecule has 1 aliphatic rings. The highest BCUT2D eigenvalue weighted by Crippen LogP contribution is 2.34. The fourth-order valence-electron chi connectivity index (χ4n) is 2.47. The molecule has 1 aromatic heterocycles. The minimum Gasteiger partial charge on any atom is -0.452 e. The summed E-state index contributed by atoms with van der Waals surface area (Å²) in [6.07, 6.45) is 0.332. The van der Waals surface area contributed by atoms with Crippen LogP contribution in [0.2, 0.25) is 0 Å². The van der Waals surface area contributed by atoms with Crippen molar-refractivity contribution in [2.75, 3.05) is 6.54 Å². The lowest BCUT2D eigenvalue weighted by Crippen LogP contribution is -2.33. The summed E-state index contributed by atoms with van der Waals surface area (Å²) >= 11 is 3.26. The minimum absolute atomic E-state index is 0.104. The van der Waals surface area contributed by atoms with Crippen LogP contribution < -0.4 is 5.32 Å². The zero-order valence-electron chi connectivity index (χ0n) is 9.77. The van der Waals surface area contributed by atoms with Crippen LogP contribution in [0.15, 0.2) is 45.5 Å². The third-order valence-electron chi connectivity index (χ3n) is 3.35. The molecule has 2 atom stereocenters. The average molecular weight is 308 g/mol. The predicted octanol–water partition coefficient (Wildman–Crippen LogP) is 2.96. The average Bonchev–Trinajstić information content (AvgIpc) is 2.84. The van der Waals surface area contributed by atoms with Crippen LogP contribution in [0.4, 0.5) is 0 Å². The van der Waals surface area contributed by atoms with Gasteiger partial charge in [0.05, 0.1) is 6.04 Å². The van der Waals surface area contributed by atoms with Crippen LogP contribution in [0.3, 0.4) is 0 Å². The maximum absolute atomic E-state index is 10.4. The number of furan rings is 1. The lowest BCUT2D eigenvalue weighted by atomic mass is 9.90. The van der Waals surface area contributed by atoms with Crippen molar-refractivity contribution in [3.63, 3.8) is 0 Å². The standard InChI is InChI=1S/C14H14BrNO2/c15-12-6-5-11(18-12)14(17)13-10-4-2-1-3-9(10)7-8-16-13/h1-6,13-14,16-17H,7-8H2. The summed E-state index contributed by atoms with van der Waals surface area (Å²) in [5.41, 5.74) is 2.45. The monoisotopic (exact) mass is 307 g/mol. The van der Waals surface area contributed by atoms with Gasteiger partial charge in [0.2, 0.25) is 0 Å². The molecule has 2 aromatic rings. The quantitative estimate of drug-likeness (QED) is 0.896. The Morgan fingerprint density at radius 2 is 2.11 bits per heavy atom. The molecule has 0 fully saturated rings. The van der Waals surface area contributed by atoms with Crippen molar-refractivity contribution in [1.29, 1.82) is 0 Å². The number of benzene rings is 1. The second-order valence-electron chi connectivity index (χ2n) is 4.47. The van der Waals surface area contributed by atoms with Gasteiger partial charge >= 0.3 is 0 Å². The van der Waals surface area contributed by atoms with Crippen molar-refractivity contribution in [3.8, 4) is 0 Å². The van der Waals surface area contributed by atoms with E-state index in [1.807, 2.05) is 12.1 Å². The first-order valence-corrected chi connectivity index (χ1v) is 6.79. The number of hydrogen-bond acceptors (Lipinski definition) is 3. The molecule has 0 saturated heterocycles. The van der Waals surface area contributed by atoms with E-state index >= 15 is 0 Å². The summed E-state index contributed by atoms with van der Waals surface area (Å²) in [4.78, 5) is 0. The summed E-state index contributed by atoms with van der Waals surface area (Å²) in [5.74, 6) is 0.580. The topological polar surface area (TPSA) is 45.4 Å². The fourth-order valence-corrected chi connectivity index (χ4v) is 2.79. The maximum atomic E-state index is 10.4. The first kappa shape index (κ1) is 12.0. The second kappa shape index (κ2) is 4.88. The third-order valence-corrected chi connectivity index (χ3v) is 3.78. The zero-order chi connectivity index (χ0) is 12.5. The minimum atomic E-state index is -0.669. The molecule has 1 aliphatic heterocycles. The van der Waals surface area contributed by atoms with Crippen LogP contribution >= 0.6 is 15.9 Å². The molecule has 2 N–H and O–H groups in total. The molecule has 0 spiro atoms. The Hall–Kier alpha value is -1.10. The highest BCUT2D eigenvalue weighted by molar-refractivity contribution is 9.10. The van der Waals surface area contributed by atoms with Crippen molar-refractivity contribution in [2.45, 2.75) is 18.6 Å². The molecule has 4 heteroatoms. The van der Waals surface area contributed by atoms with Gasteiger partial charge in [-0.1, -0.05) is 24.3 Å². The summed E-state index contributed by atoms with van der Waals surface area (Å²) in [6, 6.07) is 11.7. The lowest BCUT2D eigenvalue weighted by molar-refractivity contribution is 0.101. The van der Waals surface area contributed by atoms with Gasteiger partial charge in [-0.05, 0) is 52.2 Å². The molecular formula is C14H14BrNO2. The normalized spacial score (nSPS) is 20.4. The summed E-state index contributed by atoms with van der Waals surface area (Å²) < 4.78 is 6.08. The van der Waals surface area contributed by atoms with Gasteiger partial charge in [0.15, 0.2) is 4.67 Å². The Kier molecular flexibility index (Phi) is 3.24. The van der Waals surface area contributed by atoms with Gasteiger partial charge in [0, 0.05) is 0 Å². The fraction of sp³-hybridized carbons (Fsp3) is 0.286. The molecule has 1 aromatic carbocycles. The number of nitrogens with one attached hydrogen (secondary N) is 1. The van der Waals surface area contributed by atoms with Crippen molar-refractivity contribution in [3.05, 3.63) is 58.0 Å². The summed E-state index contributed by atoms with van der Waals surface area (Å²) in [6.45, 7) is 0.876. The van der Waals surface area contributed by atoms with Crippen LogP contribution in [0.1, 0.15) is 29.0 Å². The van der Waals surface area contributed by atoms with Gasteiger partial charge in [-0.15, -0.1) is 0 Å². The highest BCUT2D eigenvalue weighted by atomic mass is 79.9. The van der Waals surface area contributed by atoms with Crippen molar-refractivity contribution >= 4 is 15.9 Å². The van der Waals surface area contributed by atoms with E-state index in [9.17, 15) is 5.11 Å². The van der Waals surface area contributed by atoms with Gasteiger partial charge in [-0.2, -0.15) is 0 Å². The predicted molar refractivity (Wildman–Crippen MR) is 72.3 cm³/mol. The van der Waals surface area contributed by atoms with Crippen LogP contribution in [0.5, 0.6) is 0 Å². The van der Waals surface area contributed by atoms with E-state index in [2.05, 4.69) is 33.4 Å². The van der Waals surface area contributed by atoms with Crippen LogP contribution in [-0.2, 0) is 6.42 Å².